The zero-order valence-corrected chi connectivity index (χ0v) is 17.2. The lowest BCUT2D eigenvalue weighted by atomic mass is 9.89. The molecule has 0 aliphatic carbocycles. The largest absolute Gasteiger partial charge is 0.398 e. The fourth-order valence-electron chi connectivity index (χ4n) is 3.96. The number of amides is 2. The maximum absolute atomic E-state index is 13.3. The lowest BCUT2D eigenvalue weighted by Gasteiger charge is -2.20. The van der Waals surface area contributed by atoms with Crippen LogP contribution in [0.3, 0.4) is 0 Å². The van der Waals surface area contributed by atoms with Crippen molar-refractivity contribution in [2.45, 2.75) is 32.4 Å². The second-order valence-electron chi connectivity index (χ2n) is 7.87. The van der Waals surface area contributed by atoms with Crippen molar-refractivity contribution in [1.82, 2.24) is 5.32 Å². The van der Waals surface area contributed by atoms with Crippen molar-refractivity contribution >= 4 is 39.7 Å². The average molecular weight is 417 g/mol. The van der Waals surface area contributed by atoms with Crippen LogP contribution in [0, 0.1) is 0 Å². The van der Waals surface area contributed by atoms with Crippen molar-refractivity contribution in [3.05, 3.63) is 70.8 Å². The fraction of sp³-hybridized carbons (Fsp3) is 0.208. The molecule has 7 heteroatoms. The van der Waals surface area contributed by atoms with Gasteiger partial charge in [-0.25, -0.2) is 0 Å². The van der Waals surface area contributed by atoms with Crippen LogP contribution < -0.4 is 16.4 Å². The van der Waals surface area contributed by atoms with Gasteiger partial charge in [-0.2, -0.15) is 0 Å². The maximum Gasteiger partial charge on any atom is 0.261 e. The first kappa shape index (κ1) is 20.6. The molecule has 2 unspecified atom stereocenters. The molecule has 0 aromatic heterocycles. The molecule has 0 saturated heterocycles. The number of aliphatic hydroxyl groups excluding tert-OH is 1. The van der Waals surface area contributed by atoms with Crippen LogP contribution in [-0.2, 0) is 6.42 Å². The summed E-state index contributed by atoms with van der Waals surface area (Å²) in [5.74, 6) is -1.46. The van der Waals surface area contributed by atoms with E-state index in [2.05, 4.69) is 10.6 Å². The van der Waals surface area contributed by atoms with Gasteiger partial charge in [-0.15, -0.1) is 0 Å². The predicted molar refractivity (Wildman–Crippen MR) is 119 cm³/mol. The lowest BCUT2D eigenvalue weighted by Crippen LogP contribution is -2.28. The number of carbonyl (C=O) groups is 3. The van der Waals surface area contributed by atoms with E-state index in [0.29, 0.717) is 5.56 Å². The summed E-state index contributed by atoms with van der Waals surface area (Å²) in [5, 5.41) is 17.5. The number of nitrogens with two attached hydrogens (primary N) is 1. The predicted octanol–water partition coefficient (Wildman–Crippen LogP) is 2.91. The van der Waals surface area contributed by atoms with Gasteiger partial charge in [-0.1, -0.05) is 30.3 Å². The third kappa shape index (κ3) is 3.75. The molecule has 2 amide bonds. The fourth-order valence-corrected chi connectivity index (χ4v) is 3.96. The Bertz CT molecular complexity index is 1230. The topological polar surface area (TPSA) is 122 Å². The molecule has 1 heterocycles. The van der Waals surface area contributed by atoms with Gasteiger partial charge in [0.15, 0.2) is 5.78 Å². The van der Waals surface area contributed by atoms with Gasteiger partial charge in [-0.3, -0.25) is 19.7 Å². The van der Waals surface area contributed by atoms with Crippen molar-refractivity contribution < 1.29 is 19.5 Å². The number of carbonyl (C=O) groups excluding carboxylic acids is 3. The van der Waals surface area contributed by atoms with Crippen molar-refractivity contribution in [1.29, 1.82) is 0 Å². The molecule has 3 aromatic rings. The SMILES string of the molecule is CC(O)Cc1c(C(=O)C(C)Nc2ccc3ccccc3c2)cc2c(c1N)C(=O)NC2=O. The van der Waals surface area contributed by atoms with Crippen molar-refractivity contribution in [2.24, 2.45) is 0 Å². The van der Waals surface area contributed by atoms with Crippen molar-refractivity contribution in [3.63, 3.8) is 0 Å². The van der Waals surface area contributed by atoms with Crippen LogP contribution in [0.1, 0.15) is 50.5 Å². The van der Waals surface area contributed by atoms with Crippen LogP contribution in [-0.4, -0.2) is 34.8 Å². The van der Waals surface area contributed by atoms with Crippen LogP contribution in [0.25, 0.3) is 10.8 Å². The number of rotatable bonds is 6. The number of nitrogens with one attached hydrogen (secondary N) is 2. The van der Waals surface area contributed by atoms with Gasteiger partial charge in [-0.05, 0) is 48.4 Å². The second-order valence-corrected chi connectivity index (χ2v) is 7.87. The van der Waals surface area contributed by atoms with Crippen LogP contribution in [0.4, 0.5) is 11.4 Å². The standard InChI is InChI=1S/C24H23N3O4/c1-12(28)9-17-18(11-19-20(21(17)25)24(31)27-23(19)30)22(29)13(2)26-16-8-7-14-5-3-4-6-15(14)10-16/h3-8,10-13,26,28H,9,25H2,1-2H3,(H,27,30,31). The van der Waals surface area contributed by atoms with Crippen LogP contribution in [0.2, 0.25) is 0 Å². The average Bonchev–Trinajstić information content (AvgIpc) is 3.02. The van der Waals surface area contributed by atoms with E-state index in [9.17, 15) is 19.5 Å². The van der Waals surface area contributed by atoms with E-state index in [-0.39, 0.29) is 34.6 Å². The number of hydrogen-bond acceptors (Lipinski definition) is 6. The third-order valence-electron chi connectivity index (χ3n) is 5.47. The normalized spacial score (nSPS) is 14.8. The maximum atomic E-state index is 13.3. The first-order chi connectivity index (χ1) is 14.8. The van der Waals surface area contributed by atoms with E-state index in [0.717, 1.165) is 16.5 Å². The Kier molecular flexibility index (Phi) is 5.20. The number of anilines is 2. The monoisotopic (exact) mass is 417 g/mol. The number of Topliss-reactive ketones (excluding diaryl/α,β-unsaturated/α-hetero) is 1. The summed E-state index contributed by atoms with van der Waals surface area (Å²) in [6.45, 7) is 3.29. The summed E-state index contributed by atoms with van der Waals surface area (Å²) >= 11 is 0. The van der Waals surface area contributed by atoms with Gasteiger partial charge in [0.25, 0.3) is 11.8 Å². The van der Waals surface area contributed by atoms with Gasteiger partial charge in [0.05, 0.1) is 23.3 Å². The number of fused-ring (bicyclic) bond motifs is 2. The molecule has 0 radical (unpaired) electrons. The number of aliphatic hydroxyl groups is 1. The molecule has 4 rings (SSSR count). The zero-order chi connectivity index (χ0) is 22.3. The summed E-state index contributed by atoms with van der Waals surface area (Å²) in [7, 11) is 0. The highest BCUT2D eigenvalue weighted by Gasteiger charge is 2.34. The molecule has 0 saturated carbocycles. The minimum Gasteiger partial charge on any atom is -0.398 e. The molecule has 1 aliphatic rings. The highest BCUT2D eigenvalue weighted by molar-refractivity contribution is 6.25. The highest BCUT2D eigenvalue weighted by atomic mass is 16.3. The molecule has 2 atom stereocenters. The molecule has 5 N–H and O–H groups in total. The molecule has 0 bridgehead atoms. The van der Waals surface area contributed by atoms with Gasteiger partial charge in [0.1, 0.15) is 0 Å². The molecular weight excluding hydrogens is 394 g/mol. The summed E-state index contributed by atoms with van der Waals surface area (Å²) < 4.78 is 0. The minimum atomic E-state index is -0.782. The Morgan fingerprint density at radius 1 is 1.06 bits per heavy atom. The second kappa shape index (κ2) is 7.85. The number of hydrogen-bond donors (Lipinski definition) is 4. The van der Waals surface area contributed by atoms with Crippen LogP contribution >= 0.6 is 0 Å². The molecule has 0 spiro atoms. The number of ketones is 1. The van der Waals surface area contributed by atoms with E-state index < -0.39 is 24.0 Å². The summed E-state index contributed by atoms with van der Waals surface area (Å²) in [6.07, 6.45) is -0.694. The van der Waals surface area contributed by atoms with Gasteiger partial charge >= 0.3 is 0 Å². The van der Waals surface area contributed by atoms with E-state index in [1.165, 1.54) is 6.07 Å². The van der Waals surface area contributed by atoms with Gasteiger partial charge in [0.2, 0.25) is 0 Å². The van der Waals surface area contributed by atoms with E-state index >= 15 is 0 Å². The first-order valence-corrected chi connectivity index (χ1v) is 10.0. The number of imide groups is 1. The van der Waals surface area contributed by atoms with Crippen molar-refractivity contribution in [2.75, 3.05) is 11.1 Å². The molecule has 158 valence electrons. The van der Waals surface area contributed by atoms with E-state index in [4.69, 9.17) is 5.73 Å². The Labute approximate surface area is 179 Å². The lowest BCUT2D eigenvalue weighted by molar-refractivity contribution is 0.0879. The zero-order valence-electron chi connectivity index (χ0n) is 17.2. The van der Waals surface area contributed by atoms with E-state index in [1.807, 2.05) is 42.5 Å². The first-order valence-electron chi connectivity index (χ1n) is 10.0. The number of nitrogen functional groups attached to an aromatic ring is 1. The molecule has 1 aliphatic heterocycles. The Hall–Kier alpha value is -3.71. The summed E-state index contributed by atoms with van der Waals surface area (Å²) in [6, 6.07) is 14.5. The molecular formula is C24H23N3O4. The van der Waals surface area contributed by atoms with Crippen molar-refractivity contribution in [3.8, 4) is 0 Å². The van der Waals surface area contributed by atoms with Gasteiger partial charge in [0, 0.05) is 23.4 Å². The highest BCUT2D eigenvalue weighted by Crippen LogP contribution is 2.31. The third-order valence-corrected chi connectivity index (χ3v) is 5.47. The Morgan fingerprint density at radius 2 is 1.77 bits per heavy atom. The van der Waals surface area contributed by atoms with Crippen LogP contribution in [0.15, 0.2) is 48.5 Å². The summed E-state index contributed by atoms with van der Waals surface area (Å²) in [4.78, 5) is 37.6. The van der Waals surface area contributed by atoms with E-state index in [1.54, 1.807) is 13.8 Å². The molecule has 3 aromatic carbocycles. The smallest absolute Gasteiger partial charge is 0.261 e. The van der Waals surface area contributed by atoms with Gasteiger partial charge < -0.3 is 16.2 Å². The molecule has 31 heavy (non-hydrogen) atoms. The molecule has 0 fully saturated rings. The molecule has 7 nitrogen and oxygen atoms in total. The quantitative estimate of drug-likeness (QED) is 0.278. The van der Waals surface area contributed by atoms with Crippen LogP contribution in [0.5, 0.6) is 0 Å². The Balaban J connectivity index is 1.70. The summed E-state index contributed by atoms with van der Waals surface area (Å²) in [5.41, 5.74) is 7.77. The minimum absolute atomic E-state index is 0.0583. The number of benzene rings is 3. The Morgan fingerprint density at radius 3 is 2.48 bits per heavy atom.